The van der Waals surface area contributed by atoms with E-state index in [9.17, 15) is 0 Å². The Morgan fingerprint density at radius 1 is 1.42 bits per heavy atom. The fraction of sp³-hybridized carbons (Fsp3) is 0.571. The number of halogens is 2. The summed E-state index contributed by atoms with van der Waals surface area (Å²) in [7, 11) is 1.70. The first kappa shape index (κ1) is 15.3. The molecule has 0 radical (unpaired) electrons. The Bertz CT molecular complexity index is 420. The molecule has 1 aliphatic rings. The van der Waals surface area contributed by atoms with Gasteiger partial charge in [-0.05, 0) is 53.4 Å². The lowest BCUT2D eigenvalue weighted by molar-refractivity contribution is 0.184. The predicted molar refractivity (Wildman–Crippen MR) is 83.6 cm³/mol. The van der Waals surface area contributed by atoms with Gasteiger partial charge in [0.2, 0.25) is 0 Å². The second-order valence-corrected chi connectivity index (χ2v) is 6.55. The summed E-state index contributed by atoms with van der Waals surface area (Å²) in [6.07, 6.45) is 2.38. The molecule has 1 aliphatic heterocycles. The summed E-state index contributed by atoms with van der Waals surface area (Å²) in [5, 5.41) is 3.48. The summed E-state index contributed by atoms with van der Waals surface area (Å²) in [5.41, 5.74) is 1.16. The Balaban J connectivity index is 1.84. The summed E-state index contributed by atoms with van der Waals surface area (Å²) >= 11 is 7.03. The van der Waals surface area contributed by atoms with Gasteiger partial charge in [0.1, 0.15) is 5.75 Å². The van der Waals surface area contributed by atoms with E-state index < -0.39 is 0 Å². The van der Waals surface area contributed by atoms with E-state index in [1.165, 1.54) is 12.8 Å². The molecule has 1 saturated heterocycles. The summed E-state index contributed by atoms with van der Waals surface area (Å²) in [6, 6.07) is 4.09. The van der Waals surface area contributed by atoms with Crippen LogP contribution in [0.5, 0.6) is 5.75 Å². The third-order valence-corrected chi connectivity index (χ3v) is 4.41. The Labute approximate surface area is 131 Å². The molecule has 0 aliphatic carbocycles. The first-order valence-corrected chi connectivity index (χ1v) is 8.09. The number of nitrogens with one attached hydrogen (secondary N) is 1. The van der Waals surface area contributed by atoms with E-state index in [0.717, 1.165) is 52.5 Å². The van der Waals surface area contributed by atoms with Gasteiger partial charge in [-0.2, -0.15) is 0 Å². The topological polar surface area (TPSA) is 30.5 Å². The molecule has 0 bridgehead atoms. The van der Waals surface area contributed by atoms with E-state index in [1.807, 2.05) is 6.07 Å². The SMILES string of the molecule is COc1c(Br)cc(Br)cc1CNCCC1CCOC1. The van der Waals surface area contributed by atoms with E-state index in [2.05, 4.69) is 43.2 Å². The van der Waals surface area contributed by atoms with Gasteiger partial charge in [-0.25, -0.2) is 0 Å². The molecule has 19 heavy (non-hydrogen) atoms. The summed E-state index contributed by atoms with van der Waals surface area (Å²) in [5.74, 6) is 1.63. The maximum Gasteiger partial charge on any atom is 0.137 e. The number of ether oxygens (including phenoxy) is 2. The van der Waals surface area contributed by atoms with Gasteiger partial charge >= 0.3 is 0 Å². The van der Waals surface area contributed by atoms with Crippen LogP contribution in [0.2, 0.25) is 0 Å². The van der Waals surface area contributed by atoms with Gasteiger partial charge in [-0.15, -0.1) is 0 Å². The van der Waals surface area contributed by atoms with E-state index in [1.54, 1.807) is 7.11 Å². The Morgan fingerprint density at radius 2 is 2.26 bits per heavy atom. The number of benzene rings is 1. The molecular weight excluding hydrogens is 374 g/mol. The van der Waals surface area contributed by atoms with Crippen molar-refractivity contribution in [2.24, 2.45) is 5.92 Å². The highest BCUT2D eigenvalue weighted by Crippen LogP contribution is 2.32. The van der Waals surface area contributed by atoms with Gasteiger partial charge in [0.05, 0.1) is 11.6 Å². The molecule has 1 unspecified atom stereocenters. The van der Waals surface area contributed by atoms with E-state index >= 15 is 0 Å². The Kier molecular flexibility index (Phi) is 6.13. The minimum atomic E-state index is 0.726. The highest BCUT2D eigenvalue weighted by atomic mass is 79.9. The maximum atomic E-state index is 5.43. The van der Waals surface area contributed by atoms with Crippen molar-refractivity contribution in [1.29, 1.82) is 0 Å². The number of methoxy groups -OCH3 is 1. The molecule has 1 fully saturated rings. The first-order valence-electron chi connectivity index (χ1n) is 6.51. The van der Waals surface area contributed by atoms with Crippen LogP contribution in [-0.4, -0.2) is 26.9 Å². The van der Waals surface area contributed by atoms with E-state index in [-0.39, 0.29) is 0 Å². The normalized spacial score (nSPS) is 18.8. The van der Waals surface area contributed by atoms with Crippen LogP contribution >= 0.6 is 31.9 Å². The van der Waals surface area contributed by atoms with Crippen LogP contribution in [0.4, 0.5) is 0 Å². The lowest BCUT2D eigenvalue weighted by Gasteiger charge is -2.13. The third kappa shape index (κ3) is 4.45. The fourth-order valence-electron chi connectivity index (χ4n) is 2.31. The molecule has 3 nitrogen and oxygen atoms in total. The second-order valence-electron chi connectivity index (χ2n) is 4.78. The maximum absolute atomic E-state index is 5.43. The molecule has 1 aromatic carbocycles. The van der Waals surface area contributed by atoms with Gasteiger partial charge in [0.25, 0.3) is 0 Å². The van der Waals surface area contributed by atoms with Gasteiger partial charge in [-0.1, -0.05) is 15.9 Å². The third-order valence-electron chi connectivity index (χ3n) is 3.36. The van der Waals surface area contributed by atoms with Crippen molar-refractivity contribution < 1.29 is 9.47 Å². The minimum Gasteiger partial charge on any atom is -0.495 e. The van der Waals surface area contributed by atoms with Crippen LogP contribution in [0.1, 0.15) is 18.4 Å². The zero-order valence-electron chi connectivity index (χ0n) is 11.0. The molecule has 2 rings (SSSR count). The molecule has 1 heterocycles. The molecule has 0 aromatic heterocycles. The highest BCUT2D eigenvalue weighted by Gasteiger charge is 2.15. The second kappa shape index (κ2) is 7.62. The van der Waals surface area contributed by atoms with Crippen molar-refractivity contribution in [2.45, 2.75) is 19.4 Å². The zero-order chi connectivity index (χ0) is 13.7. The molecule has 1 N–H and O–H groups in total. The monoisotopic (exact) mass is 391 g/mol. The molecule has 1 atom stereocenters. The highest BCUT2D eigenvalue weighted by molar-refractivity contribution is 9.11. The van der Waals surface area contributed by atoms with Crippen LogP contribution in [0, 0.1) is 5.92 Å². The van der Waals surface area contributed by atoms with E-state index in [0.29, 0.717) is 0 Å². The summed E-state index contributed by atoms with van der Waals surface area (Å²) < 4.78 is 12.8. The molecule has 0 spiro atoms. The molecule has 1 aromatic rings. The molecule has 106 valence electrons. The quantitative estimate of drug-likeness (QED) is 0.748. The Hall–Kier alpha value is -0.100. The first-order chi connectivity index (χ1) is 9.20. The standard InChI is InChI=1S/C14H19Br2NO2/c1-18-14-11(6-12(15)7-13(14)16)8-17-4-2-10-3-5-19-9-10/h6-7,10,17H,2-5,8-9H2,1H3. The van der Waals surface area contributed by atoms with Crippen LogP contribution in [0.3, 0.4) is 0 Å². The molecule has 5 heteroatoms. The molecule has 0 amide bonds. The predicted octanol–water partition coefficient (Wildman–Crippen LogP) is 3.74. The van der Waals surface area contributed by atoms with Gasteiger partial charge in [0, 0.05) is 29.8 Å². The van der Waals surface area contributed by atoms with Crippen molar-refractivity contribution >= 4 is 31.9 Å². The Morgan fingerprint density at radius 3 is 2.95 bits per heavy atom. The van der Waals surface area contributed by atoms with Crippen molar-refractivity contribution in [3.8, 4) is 5.75 Å². The lowest BCUT2D eigenvalue weighted by Crippen LogP contribution is -2.18. The molecule has 0 saturated carbocycles. The van der Waals surface area contributed by atoms with Crippen LogP contribution in [0.15, 0.2) is 21.1 Å². The smallest absolute Gasteiger partial charge is 0.137 e. The molecular formula is C14H19Br2NO2. The number of hydrogen-bond acceptors (Lipinski definition) is 3. The largest absolute Gasteiger partial charge is 0.495 e. The van der Waals surface area contributed by atoms with Gasteiger partial charge in [0.15, 0.2) is 0 Å². The van der Waals surface area contributed by atoms with Crippen molar-refractivity contribution in [1.82, 2.24) is 5.32 Å². The zero-order valence-corrected chi connectivity index (χ0v) is 14.2. The fourth-order valence-corrected chi connectivity index (χ4v) is 3.79. The van der Waals surface area contributed by atoms with Gasteiger partial charge in [-0.3, -0.25) is 0 Å². The lowest BCUT2D eigenvalue weighted by atomic mass is 10.1. The number of rotatable bonds is 6. The van der Waals surface area contributed by atoms with Crippen LogP contribution in [0.25, 0.3) is 0 Å². The van der Waals surface area contributed by atoms with Crippen LogP contribution in [-0.2, 0) is 11.3 Å². The number of hydrogen-bond donors (Lipinski definition) is 1. The average molecular weight is 393 g/mol. The minimum absolute atomic E-state index is 0.726. The van der Waals surface area contributed by atoms with Crippen molar-refractivity contribution in [3.63, 3.8) is 0 Å². The average Bonchev–Trinajstić information content (AvgIpc) is 2.87. The summed E-state index contributed by atoms with van der Waals surface area (Å²) in [4.78, 5) is 0. The van der Waals surface area contributed by atoms with Crippen molar-refractivity contribution in [2.75, 3.05) is 26.9 Å². The van der Waals surface area contributed by atoms with Crippen LogP contribution < -0.4 is 10.1 Å². The van der Waals surface area contributed by atoms with Crippen molar-refractivity contribution in [3.05, 3.63) is 26.6 Å². The summed E-state index contributed by atoms with van der Waals surface area (Å²) in [6.45, 7) is 3.68. The van der Waals surface area contributed by atoms with Gasteiger partial charge < -0.3 is 14.8 Å². The van der Waals surface area contributed by atoms with E-state index in [4.69, 9.17) is 9.47 Å².